The van der Waals surface area contributed by atoms with E-state index in [2.05, 4.69) is 17.2 Å². The van der Waals surface area contributed by atoms with Gasteiger partial charge in [-0.15, -0.1) is 0 Å². The van der Waals surface area contributed by atoms with Gasteiger partial charge < -0.3 is 11.1 Å². The molecule has 1 aromatic heterocycles. The highest BCUT2D eigenvalue weighted by molar-refractivity contribution is 5.94. The van der Waals surface area contributed by atoms with Crippen LogP contribution in [0.3, 0.4) is 0 Å². The van der Waals surface area contributed by atoms with E-state index >= 15 is 0 Å². The van der Waals surface area contributed by atoms with E-state index in [0.29, 0.717) is 17.5 Å². The molecule has 0 radical (unpaired) electrons. The van der Waals surface area contributed by atoms with Crippen LogP contribution in [0.4, 0.5) is 0 Å². The fraction of sp³-hybridized carbons (Fsp3) is 0.500. The molecule has 0 aromatic carbocycles. The topological polar surface area (TPSA) is 68.0 Å². The zero-order valence-corrected chi connectivity index (χ0v) is 9.49. The molecule has 4 nitrogen and oxygen atoms in total. The summed E-state index contributed by atoms with van der Waals surface area (Å²) in [5.41, 5.74) is 7.19. The maximum Gasteiger partial charge on any atom is 0.251 e. The van der Waals surface area contributed by atoms with Gasteiger partial charge in [0.15, 0.2) is 0 Å². The lowest BCUT2D eigenvalue weighted by molar-refractivity contribution is 0.0946. The van der Waals surface area contributed by atoms with Gasteiger partial charge in [-0.2, -0.15) is 0 Å². The molecule has 3 N–H and O–H groups in total. The van der Waals surface area contributed by atoms with E-state index in [1.54, 1.807) is 18.3 Å². The zero-order valence-electron chi connectivity index (χ0n) is 9.49. The third kappa shape index (κ3) is 2.58. The minimum absolute atomic E-state index is 0.0368. The number of amides is 1. The Bertz CT molecular complexity index is 399. The van der Waals surface area contributed by atoms with E-state index in [1.807, 2.05) is 0 Å². The molecule has 2 rings (SSSR count). The molecule has 16 heavy (non-hydrogen) atoms. The summed E-state index contributed by atoms with van der Waals surface area (Å²) in [6.45, 7) is 3.30. The van der Waals surface area contributed by atoms with Gasteiger partial charge in [-0.25, -0.2) is 0 Å². The molecule has 1 heterocycles. The number of aromatic nitrogens is 1. The first kappa shape index (κ1) is 11.1. The van der Waals surface area contributed by atoms with Crippen LogP contribution in [0, 0.1) is 5.41 Å². The van der Waals surface area contributed by atoms with Crippen LogP contribution in [0.1, 0.15) is 35.8 Å². The van der Waals surface area contributed by atoms with Crippen molar-refractivity contribution in [3.63, 3.8) is 0 Å². The van der Waals surface area contributed by atoms with Gasteiger partial charge >= 0.3 is 0 Å². The van der Waals surface area contributed by atoms with Gasteiger partial charge in [-0.3, -0.25) is 9.78 Å². The number of hydrogen-bond donors (Lipinski definition) is 2. The fourth-order valence-electron chi connectivity index (χ4n) is 1.52. The monoisotopic (exact) mass is 219 g/mol. The predicted octanol–water partition coefficient (Wildman–Crippen LogP) is 1.07. The lowest BCUT2D eigenvalue weighted by atomic mass is 10.1. The molecular weight excluding hydrogens is 202 g/mol. The second-order valence-electron chi connectivity index (χ2n) is 4.73. The van der Waals surface area contributed by atoms with Crippen LogP contribution >= 0.6 is 0 Å². The van der Waals surface area contributed by atoms with E-state index in [1.165, 1.54) is 12.8 Å². The molecule has 86 valence electrons. The number of nitrogens with two attached hydrogens (primary N) is 1. The SMILES string of the molecule is CC1(CNC(=O)c2ccnc(CN)c2)CC1. The Labute approximate surface area is 95.3 Å². The molecule has 0 unspecified atom stereocenters. The zero-order chi connectivity index (χ0) is 11.6. The van der Waals surface area contributed by atoms with E-state index in [9.17, 15) is 4.79 Å². The normalized spacial score (nSPS) is 16.9. The fourth-order valence-corrected chi connectivity index (χ4v) is 1.52. The summed E-state index contributed by atoms with van der Waals surface area (Å²) >= 11 is 0. The third-order valence-corrected chi connectivity index (χ3v) is 3.07. The number of rotatable bonds is 4. The summed E-state index contributed by atoms with van der Waals surface area (Å²) in [5.74, 6) is -0.0368. The van der Waals surface area contributed by atoms with E-state index in [0.717, 1.165) is 12.2 Å². The summed E-state index contributed by atoms with van der Waals surface area (Å²) in [6, 6.07) is 3.45. The minimum Gasteiger partial charge on any atom is -0.351 e. The summed E-state index contributed by atoms with van der Waals surface area (Å²) in [5, 5.41) is 2.95. The van der Waals surface area contributed by atoms with Crippen molar-refractivity contribution < 1.29 is 4.79 Å². The lowest BCUT2D eigenvalue weighted by Crippen LogP contribution is -2.29. The van der Waals surface area contributed by atoms with E-state index in [4.69, 9.17) is 5.73 Å². The van der Waals surface area contributed by atoms with Crippen LogP contribution in [-0.2, 0) is 6.54 Å². The molecule has 1 aliphatic rings. The van der Waals surface area contributed by atoms with Crippen LogP contribution in [-0.4, -0.2) is 17.4 Å². The molecule has 1 saturated carbocycles. The highest BCUT2D eigenvalue weighted by Gasteiger charge is 2.37. The Kier molecular flexibility index (Phi) is 2.92. The molecule has 0 saturated heterocycles. The van der Waals surface area contributed by atoms with Crippen LogP contribution in [0.5, 0.6) is 0 Å². The smallest absolute Gasteiger partial charge is 0.251 e. The summed E-state index contributed by atoms with van der Waals surface area (Å²) in [4.78, 5) is 15.9. The minimum atomic E-state index is -0.0368. The first-order chi connectivity index (χ1) is 7.63. The van der Waals surface area contributed by atoms with E-state index in [-0.39, 0.29) is 5.91 Å². The second kappa shape index (κ2) is 4.22. The number of pyridine rings is 1. The Balaban J connectivity index is 1.97. The van der Waals surface area contributed by atoms with Crippen LogP contribution in [0.2, 0.25) is 0 Å². The molecular formula is C12H17N3O. The van der Waals surface area contributed by atoms with Crippen LogP contribution < -0.4 is 11.1 Å². The maximum atomic E-state index is 11.8. The van der Waals surface area contributed by atoms with Crippen molar-refractivity contribution in [1.29, 1.82) is 0 Å². The molecule has 1 aliphatic carbocycles. The average Bonchev–Trinajstić information content (AvgIpc) is 3.05. The van der Waals surface area contributed by atoms with Crippen molar-refractivity contribution in [2.75, 3.05) is 6.54 Å². The molecule has 4 heteroatoms. The largest absolute Gasteiger partial charge is 0.351 e. The number of nitrogens with one attached hydrogen (secondary N) is 1. The van der Waals surface area contributed by atoms with E-state index < -0.39 is 0 Å². The first-order valence-corrected chi connectivity index (χ1v) is 5.56. The van der Waals surface area contributed by atoms with Crippen molar-refractivity contribution in [3.05, 3.63) is 29.6 Å². The van der Waals surface area contributed by atoms with Gasteiger partial charge in [0.2, 0.25) is 0 Å². The quantitative estimate of drug-likeness (QED) is 0.796. The molecule has 0 spiro atoms. The molecule has 1 fully saturated rings. The van der Waals surface area contributed by atoms with Gasteiger partial charge in [0.25, 0.3) is 5.91 Å². The van der Waals surface area contributed by atoms with Gasteiger partial charge in [-0.1, -0.05) is 6.92 Å². The van der Waals surface area contributed by atoms with Crippen LogP contribution in [0.25, 0.3) is 0 Å². The Morgan fingerprint density at radius 3 is 3.00 bits per heavy atom. The predicted molar refractivity (Wildman–Crippen MR) is 61.8 cm³/mol. The van der Waals surface area contributed by atoms with Crippen molar-refractivity contribution in [2.45, 2.75) is 26.3 Å². The molecule has 0 atom stereocenters. The van der Waals surface area contributed by atoms with Crippen LogP contribution in [0.15, 0.2) is 18.3 Å². The average molecular weight is 219 g/mol. The highest BCUT2D eigenvalue weighted by Crippen LogP contribution is 2.44. The number of hydrogen-bond acceptors (Lipinski definition) is 3. The number of carbonyl (C=O) groups is 1. The van der Waals surface area contributed by atoms with Crippen molar-refractivity contribution >= 4 is 5.91 Å². The Hall–Kier alpha value is -1.42. The Morgan fingerprint density at radius 1 is 1.62 bits per heavy atom. The number of nitrogens with zero attached hydrogens (tertiary/aromatic N) is 1. The van der Waals surface area contributed by atoms with Gasteiger partial charge in [0.05, 0.1) is 5.69 Å². The van der Waals surface area contributed by atoms with Crippen molar-refractivity contribution in [3.8, 4) is 0 Å². The molecule has 0 bridgehead atoms. The standard InChI is InChI=1S/C12H17N3O/c1-12(3-4-12)8-15-11(16)9-2-5-14-10(6-9)7-13/h2,5-6H,3-4,7-8,13H2,1H3,(H,15,16). The lowest BCUT2D eigenvalue weighted by Gasteiger charge is -2.10. The molecule has 1 aromatic rings. The van der Waals surface area contributed by atoms with Gasteiger partial charge in [0, 0.05) is 24.8 Å². The summed E-state index contributed by atoms with van der Waals surface area (Å²) in [7, 11) is 0. The summed E-state index contributed by atoms with van der Waals surface area (Å²) in [6.07, 6.45) is 4.03. The maximum absolute atomic E-state index is 11.8. The second-order valence-corrected chi connectivity index (χ2v) is 4.73. The van der Waals surface area contributed by atoms with Crippen molar-refractivity contribution in [1.82, 2.24) is 10.3 Å². The highest BCUT2D eigenvalue weighted by atomic mass is 16.1. The molecule has 0 aliphatic heterocycles. The number of carbonyl (C=O) groups excluding carboxylic acids is 1. The van der Waals surface area contributed by atoms with Gasteiger partial charge in [0.1, 0.15) is 0 Å². The third-order valence-electron chi connectivity index (χ3n) is 3.07. The van der Waals surface area contributed by atoms with Crippen molar-refractivity contribution in [2.24, 2.45) is 11.1 Å². The molecule has 1 amide bonds. The summed E-state index contributed by atoms with van der Waals surface area (Å²) < 4.78 is 0. The first-order valence-electron chi connectivity index (χ1n) is 5.56. The Morgan fingerprint density at radius 2 is 2.38 bits per heavy atom. The van der Waals surface area contributed by atoms with Gasteiger partial charge in [-0.05, 0) is 30.4 Å².